The summed E-state index contributed by atoms with van der Waals surface area (Å²) in [6, 6.07) is 5.02. The van der Waals surface area contributed by atoms with Crippen molar-refractivity contribution in [2.75, 3.05) is 19.7 Å². The summed E-state index contributed by atoms with van der Waals surface area (Å²) in [7, 11) is 0. The summed E-state index contributed by atoms with van der Waals surface area (Å²) in [5, 5.41) is 10.3. The Balaban J connectivity index is 0.00000450. The van der Waals surface area contributed by atoms with E-state index in [0.29, 0.717) is 31.2 Å². The maximum atomic E-state index is 12.9. The van der Waals surface area contributed by atoms with E-state index in [1.807, 2.05) is 20.8 Å². The fourth-order valence-electron chi connectivity index (χ4n) is 2.85. The summed E-state index contributed by atoms with van der Waals surface area (Å²) in [6.45, 7) is 6.36. The molecule has 2 N–H and O–H groups in total. The minimum absolute atomic E-state index is 0. The van der Waals surface area contributed by atoms with Crippen LogP contribution in [0.4, 0.5) is 8.78 Å². The lowest BCUT2D eigenvalue weighted by Gasteiger charge is -2.15. The first-order chi connectivity index (χ1) is 14.0. The maximum absolute atomic E-state index is 12.9. The number of halogens is 3. The van der Waals surface area contributed by atoms with Gasteiger partial charge in [-0.25, -0.2) is 4.99 Å². The van der Waals surface area contributed by atoms with Crippen molar-refractivity contribution in [3.05, 3.63) is 40.8 Å². The normalized spacial score (nSPS) is 11.2. The summed E-state index contributed by atoms with van der Waals surface area (Å²) in [5.41, 5.74) is 2.44. The maximum Gasteiger partial charge on any atom is 0.387 e. The van der Waals surface area contributed by atoms with Crippen LogP contribution in [0.25, 0.3) is 0 Å². The average Bonchev–Trinajstić information content (AvgIpc) is 3.00. The molecule has 30 heavy (non-hydrogen) atoms. The monoisotopic (exact) mass is 538 g/mol. The highest BCUT2D eigenvalue weighted by Gasteiger charge is 2.16. The molecule has 1 aromatic carbocycles. The van der Waals surface area contributed by atoms with E-state index in [4.69, 9.17) is 14.0 Å². The quantitative estimate of drug-likeness (QED) is 0.268. The summed E-state index contributed by atoms with van der Waals surface area (Å²) in [5.74, 6) is 1.66. The molecule has 10 heteroatoms. The van der Waals surface area contributed by atoms with Gasteiger partial charge in [-0.15, -0.1) is 24.0 Å². The summed E-state index contributed by atoms with van der Waals surface area (Å²) >= 11 is 0. The third kappa shape index (κ3) is 7.62. The van der Waals surface area contributed by atoms with Crippen molar-refractivity contribution in [2.24, 2.45) is 4.99 Å². The van der Waals surface area contributed by atoms with E-state index < -0.39 is 6.61 Å². The van der Waals surface area contributed by atoms with Crippen LogP contribution in [0.1, 0.15) is 36.4 Å². The second-order valence-electron chi connectivity index (χ2n) is 6.23. The molecule has 1 aromatic heterocycles. The Hall–Kier alpha value is -2.11. The fourth-order valence-corrected chi connectivity index (χ4v) is 2.85. The molecule has 0 atom stereocenters. The molecular weight excluding hydrogens is 509 g/mol. The van der Waals surface area contributed by atoms with Gasteiger partial charge in [0.05, 0.1) is 18.8 Å². The molecular formula is C20H29F2IN4O3. The van der Waals surface area contributed by atoms with E-state index in [1.54, 1.807) is 25.1 Å². The Morgan fingerprint density at radius 3 is 2.60 bits per heavy atom. The lowest BCUT2D eigenvalue weighted by Crippen LogP contribution is -2.38. The molecule has 0 unspecified atom stereocenters. The third-order valence-electron chi connectivity index (χ3n) is 4.17. The molecule has 0 aliphatic heterocycles. The lowest BCUT2D eigenvalue weighted by atomic mass is 10.1. The molecule has 0 aliphatic carbocycles. The fraction of sp³-hybridized carbons (Fsp3) is 0.500. The molecule has 1 heterocycles. The molecule has 0 radical (unpaired) electrons. The lowest BCUT2D eigenvalue weighted by molar-refractivity contribution is -0.0520. The first-order valence-corrected chi connectivity index (χ1v) is 9.59. The van der Waals surface area contributed by atoms with E-state index in [0.717, 1.165) is 23.4 Å². The van der Waals surface area contributed by atoms with Gasteiger partial charge in [-0.1, -0.05) is 17.3 Å². The Morgan fingerprint density at radius 1 is 1.23 bits per heavy atom. The van der Waals surface area contributed by atoms with Crippen LogP contribution in [0.3, 0.4) is 0 Å². The van der Waals surface area contributed by atoms with E-state index in [-0.39, 0.29) is 42.0 Å². The zero-order chi connectivity index (χ0) is 21.2. The molecule has 0 aliphatic rings. The Kier molecular flexibility index (Phi) is 11.4. The van der Waals surface area contributed by atoms with Crippen molar-refractivity contribution in [2.45, 2.75) is 47.3 Å². The van der Waals surface area contributed by atoms with Crippen molar-refractivity contribution in [3.63, 3.8) is 0 Å². The van der Waals surface area contributed by atoms with Crippen LogP contribution >= 0.6 is 24.0 Å². The number of nitrogens with one attached hydrogen (secondary N) is 2. The second kappa shape index (κ2) is 13.2. The number of guanidine groups is 1. The molecule has 2 aromatic rings. The molecule has 0 amide bonds. The van der Waals surface area contributed by atoms with Crippen LogP contribution in [0.5, 0.6) is 11.5 Å². The summed E-state index contributed by atoms with van der Waals surface area (Å²) < 4.78 is 41.0. The van der Waals surface area contributed by atoms with Crippen molar-refractivity contribution in [1.29, 1.82) is 0 Å². The predicted molar refractivity (Wildman–Crippen MR) is 122 cm³/mol. The molecule has 2 rings (SSSR count). The van der Waals surface area contributed by atoms with Crippen LogP contribution < -0.4 is 20.1 Å². The van der Waals surface area contributed by atoms with Crippen molar-refractivity contribution < 1.29 is 22.8 Å². The van der Waals surface area contributed by atoms with Crippen molar-refractivity contribution >= 4 is 29.9 Å². The number of alkyl halides is 2. The third-order valence-corrected chi connectivity index (χ3v) is 4.17. The minimum Gasteiger partial charge on any atom is -0.490 e. The van der Waals surface area contributed by atoms with Gasteiger partial charge in [-0.3, -0.25) is 0 Å². The van der Waals surface area contributed by atoms with E-state index in [1.165, 1.54) is 0 Å². The van der Waals surface area contributed by atoms with Gasteiger partial charge >= 0.3 is 6.61 Å². The molecule has 0 spiro atoms. The van der Waals surface area contributed by atoms with Gasteiger partial charge in [-0.05, 0) is 40.2 Å². The zero-order valence-corrected chi connectivity index (χ0v) is 20.0. The Labute approximate surface area is 192 Å². The number of rotatable bonds is 10. The summed E-state index contributed by atoms with van der Waals surface area (Å²) in [4.78, 5) is 4.49. The number of aromatic nitrogens is 1. The van der Waals surface area contributed by atoms with Crippen LogP contribution in [0.2, 0.25) is 0 Å². The number of ether oxygens (including phenoxy) is 2. The molecule has 168 valence electrons. The largest absolute Gasteiger partial charge is 0.490 e. The standard InChI is InChI=1S/C20H28F2N4O3.HI/c1-5-23-20(24-11-10-16-13(3)26-29-14(16)4)25-12-15-8-7-9-17(27-6-2)18(15)28-19(21)22;/h7-9,19H,5-6,10-12H2,1-4H3,(H2,23,24,25);1H. The minimum atomic E-state index is -2.94. The van der Waals surface area contributed by atoms with E-state index in [2.05, 4.69) is 20.8 Å². The molecule has 0 bridgehead atoms. The Bertz CT molecular complexity index is 796. The van der Waals surface area contributed by atoms with E-state index in [9.17, 15) is 8.78 Å². The number of hydrogen-bond donors (Lipinski definition) is 2. The van der Waals surface area contributed by atoms with Crippen molar-refractivity contribution in [1.82, 2.24) is 15.8 Å². The van der Waals surface area contributed by atoms with Gasteiger partial charge in [-0.2, -0.15) is 8.78 Å². The Morgan fingerprint density at radius 2 is 2.00 bits per heavy atom. The highest BCUT2D eigenvalue weighted by molar-refractivity contribution is 14.0. The average molecular weight is 538 g/mol. The van der Waals surface area contributed by atoms with Gasteiger partial charge in [0.2, 0.25) is 0 Å². The SMILES string of the molecule is CCNC(=NCc1cccc(OCC)c1OC(F)F)NCCc1c(C)noc1C.I. The van der Waals surface area contributed by atoms with E-state index >= 15 is 0 Å². The molecule has 0 saturated heterocycles. The van der Waals surface area contributed by atoms with Crippen LogP contribution in [-0.2, 0) is 13.0 Å². The highest BCUT2D eigenvalue weighted by Crippen LogP contribution is 2.33. The first kappa shape index (κ1) is 25.9. The highest BCUT2D eigenvalue weighted by atomic mass is 127. The number of hydrogen-bond acceptors (Lipinski definition) is 5. The van der Waals surface area contributed by atoms with Crippen LogP contribution in [-0.4, -0.2) is 37.4 Å². The topological polar surface area (TPSA) is 80.9 Å². The first-order valence-electron chi connectivity index (χ1n) is 9.59. The predicted octanol–water partition coefficient (Wildman–Crippen LogP) is 4.21. The van der Waals surface area contributed by atoms with Gasteiger partial charge in [0, 0.05) is 24.2 Å². The van der Waals surface area contributed by atoms with Crippen LogP contribution in [0.15, 0.2) is 27.7 Å². The number of aliphatic imine (C=N–C) groups is 1. The van der Waals surface area contributed by atoms with Gasteiger partial charge in [0.25, 0.3) is 0 Å². The van der Waals surface area contributed by atoms with Gasteiger partial charge < -0.3 is 24.6 Å². The smallest absolute Gasteiger partial charge is 0.387 e. The number of para-hydroxylation sites is 1. The van der Waals surface area contributed by atoms with Crippen LogP contribution in [0, 0.1) is 13.8 Å². The molecule has 0 saturated carbocycles. The number of benzene rings is 1. The number of aryl methyl sites for hydroxylation is 2. The molecule has 7 nitrogen and oxygen atoms in total. The summed E-state index contributed by atoms with van der Waals surface area (Å²) in [6.07, 6.45) is 0.727. The second-order valence-corrected chi connectivity index (χ2v) is 6.23. The van der Waals surface area contributed by atoms with Gasteiger partial charge in [0.15, 0.2) is 17.5 Å². The molecule has 0 fully saturated rings. The van der Waals surface area contributed by atoms with Crippen molar-refractivity contribution in [3.8, 4) is 11.5 Å². The number of nitrogens with zero attached hydrogens (tertiary/aromatic N) is 2. The zero-order valence-electron chi connectivity index (χ0n) is 17.6. The van der Waals surface area contributed by atoms with Gasteiger partial charge in [0.1, 0.15) is 5.76 Å².